The maximum Gasteiger partial charge on any atom is 0.338 e. The van der Waals surface area contributed by atoms with Crippen LogP contribution in [0.2, 0.25) is 5.02 Å². The summed E-state index contributed by atoms with van der Waals surface area (Å²) >= 11 is 5.77. The first-order chi connectivity index (χ1) is 13.1. The number of carbonyl (C=O) groups excluding carboxylic acids is 2. The van der Waals surface area contributed by atoms with Crippen molar-refractivity contribution in [3.05, 3.63) is 64.2 Å². The number of hydrogen-bond donors (Lipinski definition) is 2. The molecule has 0 aliphatic heterocycles. The van der Waals surface area contributed by atoms with Crippen molar-refractivity contribution in [2.24, 2.45) is 5.14 Å². The number of nitrogens with two attached hydrogens (primary N) is 1. The molecule has 0 heterocycles. The molecule has 0 bridgehead atoms. The van der Waals surface area contributed by atoms with E-state index in [4.69, 9.17) is 21.5 Å². The van der Waals surface area contributed by atoms with Gasteiger partial charge in [-0.25, -0.2) is 18.4 Å². The lowest BCUT2D eigenvalue weighted by Gasteiger charge is -2.15. The first-order valence-corrected chi connectivity index (χ1v) is 10.4. The maximum absolute atomic E-state index is 12.1. The molecule has 0 radical (unpaired) electrons. The highest BCUT2D eigenvalue weighted by Gasteiger charge is 2.18. The number of aryl methyl sites for hydroxylation is 1. The van der Waals surface area contributed by atoms with Gasteiger partial charge in [0.2, 0.25) is 10.0 Å². The van der Waals surface area contributed by atoms with Gasteiger partial charge in [-0.15, -0.1) is 0 Å². The number of amides is 1. The third kappa shape index (κ3) is 5.79. The molecule has 28 heavy (non-hydrogen) atoms. The first-order valence-electron chi connectivity index (χ1n) is 8.49. The predicted molar refractivity (Wildman–Crippen MR) is 105 cm³/mol. The van der Waals surface area contributed by atoms with Crippen LogP contribution in [0.15, 0.2) is 47.4 Å². The summed E-state index contributed by atoms with van der Waals surface area (Å²) in [7, 11) is -4.09. The zero-order valence-corrected chi connectivity index (χ0v) is 17.0. The predicted octanol–water partition coefficient (Wildman–Crippen LogP) is 2.58. The minimum Gasteiger partial charge on any atom is -0.452 e. The molecule has 0 aliphatic carbocycles. The SMILES string of the molecule is CCc1ccc(C(C)NC(=O)COC(=O)c2ccc(Cl)c(S(N)(=O)=O)c2)cc1. The van der Waals surface area contributed by atoms with Crippen LogP contribution in [0.1, 0.15) is 41.4 Å². The van der Waals surface area contributed by atoms with Crippen molar-refractivity contribution in [2.75, 3.05) is 6.61 Å². The van der Waals surface area contributed by atoms with Gasteiger partial charge in [0, 0.05) is 0 Å². The van der Waals surface area contributed by atoms with Crippen LogP contribution in [0.3, 0.4) is 0 Å². The summed E-state index contributed by atoms with van der Waals surface area (Å²) in [6.07, 6.45) is 0.925. The molecule has 0 aliphatic rings. The highest BCUT2D eigenvalue weighted by Crippen LogP contribution is 2.22. The summed E-state index contributed by atoms with van der Waals surface area (Å²) < 4.78 is 27.9. The number of esters is 1. The second-order valence-electron chi connectivity index (χ2n) is 6.15. The molecule has 2 aromatic rings. The van der Waals surface area contributed by atoms with Gasteiger partial charge in [0.25, 0.3) is 5.91 Å². The van der Waals surface area contributed by atoms with Gasteiger partial charge in [-0.1, -0.05) is 42.8 Å². The highest BCUT2D eigenvalue weighted by atomic mass is 35.5. The molecule has 150 valence electrons. The molecule has 1 atom stereocenters. The van der Waals surface area contributed by atoms with E-state index in [0.717, 1.165) is 18.1 Å². The number of benzene rings is 2. The number of rotatable bonds is 7. The van der Waals surface area contributed by atoms with Crippen molar-refractivity contribution in [3.8, 4) is 0 Å². The van der Waals surface area contributed by atoms with Gasteiger partial charge in [-0.3, -0.25) is 4.79 Å². The van der Waals surface area contributed by atoms with Gasteiger partial charge < -0.3 is 10.1 Å². The van der Waals surface area contributed by atoms with E-state index in [9.17, 15) is 18.0 Å². The Labute approximate surface area is 168 Å². The zero-order valence-electron chi connectivity index (χ0n) is 15.4. The number of hydrogen-bond acceptors (Lipinski definition) is 5. The monoisotopic (exact) mass is 424 g/mol. The summed E-state index contributed by atoms with van der Waals surface area (Å²) in [4.78, 5) is 23.7. The first kappa shape index (κ1) is 21.9. The summed E-state index contributed by atoms with van der Waals surface area (Å²) in [6, 6.07) is 11.1. The van der Waals surface area contributed by atoms with Crippen LogP contribution < -0.4 is 10.5 Å². The standard InChI is InChI=1S/C19H21ClN2O5S/c1-3-13-4-6-14(7-5-13)12(2)22-18(23)11-27-19(24)15-8-9-16(20)17(10-15)28(21,25)26/h4-10,12H,3,11H2,1-2H3,(H,22,23)(H2,21,25,26). The summed E-state index contributed by atoms with van der Waals surface area (Å²) in [6.45, 7) is 3.36. The van der Waals surface area contributed by atoms with Crippen molar-refractivity contribution in [1.29, 1.82) is 0 Å². The fraction of sp³-hybridized carbons (Fsp3) is 0.263. The minimum atomic E-state index is -4.09. The molecule has 1 unspecified atom stereocenters. The molecule has 2 aromatic carbocycles. The number of sulfonamides is 1. The van der Waals surface area contributed by atoms with Crippen molar-refractivity contribution >= 4 is 33.5 Å². The van der Waals surface area contributed by atoms with Crippen LogP contribution in [0.5, 0.6) is 0 Å². The Morgan fingerprint density at radius 1 is 1.18 bits per heavy atom. The Morgan fingerprint density at radius 2 is 1.82 bits per heavy atom. The largest absolute Gasteiger partial charge is 0.452 e. The molecule has 0 aromatic heterocycles. The lowest BCUT2D eigenvalue weighted by atomic mass is 10.1. The van der Waals surface area contributed by atoms with Gasteiger partial charge in [0.05, 0.1) is 16.6 Å². The van der Waals surface area contributed by atoms with Crippen molar-refractivity contribution < 1.29 is 22.7 Å². The number of ether oxygens (including phenoxy) is 1. The lowest BCUT2D eigenvalue weighted by Crippen LogP contribution is -2.31. The van der Waals surface area contributed by atoms with E-state index in [0.29, 0.717) is 0 Å². The molecule has 0 spiro atoms. The number of carbonyl (C=O) groups is 2. The molecule has 0 saturated carbocycles. The van der Waals surface area contributed by atoms with Crippen molar-refractivity contribution in [1.82, 2.24) is 5.32 Å². The Kier molecular flexibility index (Phi) is 7.17. The third-order valence-electron chi connectivity index (χ3n) is 4.07. The Hall–Kier alpha value is -2.42. The van der Waals surface area contributed by atoms with Crippen LogP contribution >= 0.6 is 11.6 Å². The van der Waals surface area contributed by atoms with Crippen molar-refractivity contribution in [3.63, 3.8) is 0 Å². The second kappa shape index (κ2) is 9.18. The van der Waals surface area contributed by atoms with Crippen LogP contribution in [0.4, 0.5) is 0 Å². The van der Waals surface area contributed by atoms with E-state index in [1.54, 1.807) is 0 Å². The van der Waals surface area contributed by atoms with E-state index in [1.165, 1.54) is 17.7 Å². The van der Waals surface area contributed by atoms with Crippen LogP contribution in [-0.4, -0.2) is 26.9 Å². The molecule has 7 nitrogen and oxygen atoms in total. The van der Waals surface area contributed by atoms with Gasteiger partial charge in [-0.05, 0) is 42.7 Å². The topological polar surface area (TPSA) is 116 Å². The highest BCUT2D eigenvalue weighted by molar-refractivity contribution is 7.89. The zero-order chi connectivity index (χ0) is 20.9. The van der Waals surface area contributed by atoms with E-state index < -0.39 is 33.4 Å². The smallest absolute Gasteiger partial charge is 0.338 e. The molecule has 0 fully saturated rings. The Balaban J connectivity index is 1.96. The fourth-order valence-corrected chi connectivity index (χ4v) is 3.54. The second-order valence-corrected chi connectivity index (χ2v) is 8.09. The molecule has 3 N–H and O–H groups in total. The summed E-state index contributed by atoms with van der Waals surface area (Å²) in [5.74, 6) is -1.35. The summed E-state index contributed by atoms with van der Waals surface area (Å²) in [5, 5.41) is 7.67. The molecular formula is C19H21ClN2O5S. The quantitative estimate of drug-likeness (QED) is 0.662. The number of halogens is 1. The average molecular weight is 425 g/mol. The average Bonchev–Trinajstić information content (AvgIpc) is 2.65. The van der Waals surface area contributed by atoms with E-state index in [2.05, 4.69) is 12.2 Å². The third-order valence-corrected chi connectivity index (χ3v) is 5.47. The van der Waals surface area contributed by atoms with E-state index >= 15 is 0 Å². The number of nitrogens with one attached hydrogen (secondary N) is 1. The minimum absolute atomic E-state index is 0.0792. The molecule has 2 rings (SSSR count). The van der Waals surface area contributed by atoms with Gasteiger partial charge >= 0.3 is 5.97 Å². The van der Waals surface area contributed by atoms with Crippen LogP contribution in [0, 0.1) is 0 Å². The van der Waals surface area contributed by atoms with Crippen LogP contribution in [0.25, 0.3) is 0 Å². The molecule has 9 heteroatoms. The Bertz CT molecular complexity index is 974. The fourth-order valence-electron chi connectivity index (χ4n) is 2.47. The normalized spacial score (nSPS) is 12.3. The van der Waals surface area contributed by atoms with Crippen molar-refractivity contribution in [2.45, 2.75) is 31.2 Å². The Morgan fingerprint density at radius 3 is 2.39 bits per heavy atom. The van der Waals surface area contributed by atoms with Gasteiger partial charge in [0.1, 0.15) is 4.90 Å². The van der Waals surface area contributed by atoms with Crippen LogP contribution in [-0.2, 0) is 26.0 Å². The molecular weight excluding hydrogens is 404 g/mol. The molecule has 0 saturated heterocycles. The van der Waals surface area contributed by atoms with E-state index in [1.807, 2.05) is 31.2 Å². The van der Waals surface area contributed by atoms with Gasteiger partial charge in [0.15, 0.2) is 6.61 Å². The number of primary sulfonamides is 1. The lowest BCUT2D eigenvalue weighted by molar-refractivity contribution is -0.124. The van der Waals surface area contributed by atoms with Gasteiger partial charge in [-0.2, -0.15) is 0 Å². The maximum atomic E-state index is 12.1. The van der Waals surface area contributed by atoms with E-state index in [-0.39, 0.29) is 16.6 Å². The molecule has 1 amide bonds. The summed E-state index contributed by atoms with van der Waals surface area (Å²) in [5.41, 5.74) is 2.04.